The van der Waals surface area contributed by atoms with Crippen LogP contribution in [-0.4, -0.2) is 28.0 Å². The summed E-state index contributed by atoms with van der Waals surface area (Å²) in [4.78, 5) is 0. The molecule has 4 heteroatoms. The Bertz CT molecular complexity index is 375. The fraction of sp³-hybridized carbons (Fsp3) is 0.800. The van der Waals surface area contributed by atoms with Crippen molar-refractivity contribution in [3.63, 3.8) is 0 Å². The van der Waals surface area contributed by atoms with Crippen LogP contribution in [0.3, 0.4) is 0 Å². The van der Waals surface area contributed by atoms with Crippen molar-refractivity contribution in [3.8, 4) is 0 Å². The minimum atomic E-state index is 0.155. The Kier molecular flexibility index (Phi) is 4.99. The molecule has 1 aromatic rings. The highest BCUT2D eigenvalue weighted by atomic mass is 16.5. The zero-order valence-corrected chi connectivity index (χ0v) is 12.5. The van der Waals surface area contributed by atoms with Crippen LogP contribution in [0.5, 0.6) is 0 Å². The molecule has 1 N–H and O–H groups in total. The number of hydrogen-bond acceptors (Lipinski definition) is 3. The average Bonchev–Trinajstić information content (AvgIpc) is 2.97. The van der Waals surface area contributed by atoms with Crippen molar-refractivity contribution >= 4 is 0 Å². The molecule has 0 radical (unpaired) electrons. The lowest BCUT2D eigenvalue weighted by molar-refractivity contribution is 0.101. The van der Waals surface area contributed by atoms with Gasteiger partial charge in [-0.25, -0.2) is 0 Å². The Morgan fingerprint density at radius 2 is 2.32 bits per heavy atom. The number of rotatable bonds is 6. The maximum Gasteiger partial charge on any atom is 0.0576 e. The van der Waals surface area contributed by atoms with Crippen molar-refractivity contribution in [3.05, 3.63) is 18.0 Å². The van der Waals surface area contributed by atoms with Crippen LogP contribution in [0.1, 0.15) is 52.0 Å². The number of hydrogen-bond donors (Lipinski definition) is 1. The topological polar surface area (TPSA) is 39.1 Å². The molecule has 0 aromatic carbocycles. The molecule has 1 aliphatic rings. The van der Waals surface area contributed by atoms with Gasteiger partial charge in [-0.3, -0.25) is 4.68 Å². The van der Waals surface area contributed by atoms with Gasteiger partial charge in [0.15, 0.2) is 0 Å². The van der Waals surface area contributed by atoms with Crippen molar-refractivity contribution in [2.75, 3.05) is 6.61 Å². The Labute approximate surface area is 116 Å². The summed E-state index contributed by atoms with van der Waals surface area (Å²) >= 11 is 0. The third-order valence-electron chi connectivity index (χ3n) is 3.45. The van der Waals surface area contributed by atoms with E-state index in [1.165, 1.54) is 18.4 Å². The first kappa shape index (κ1) is 14.5. The van der Waals surface area contributed by atoms with Gasteiger partial charge in [0.1, 0.15) is 0 Å². The molecular formula is C15H27N3O. The highest BCUT2D eigenvalue weighted by Gasteiger charge is 2.14. The average molecular weight is 265 g/mol. The van der Waals surface area contributed by atoms with Gasteiger partial charge >= 0.3 is 0 Å². The quantitative estimate of drug-likeness (QED) is 0.859. The number of aryl methyl sites for hydroxylation is 1. The molecule has 0 spiro atoms. The van der Waals surface area contributed by atoms with Crippen molar-refractivity contribution in [2.24, 2.45) is 0 Å². The lowest BCUT2D eigenvalue weighted by Gasteiger charge is -2.19. The first-order chi connectivity index (χ1) is 9.03. The summed E-state index contributed by atoms with van der Waals surface area (Å²) in [7, 11) is 0. The van der Waals surface area contributed by atoms with E-state index in [2.05, 4.69) is 42.1 Å². The molecule has 108 valence electrons. The van der Waals surface area contributed by atoms with Gasteiger partial charge in [-0.15, -0.1) is 0 Å². The summed E-state index contributed by atoms with van der Waals surface area (Å²) in [6, 6.07) is 0. The fourth-order valence-electron chi connectivity index (χ4n) is 2.34. The van der Waals surface area contributed by atoms with Crippen LogP contribution in [-0.2, 0) is 17.8 Å². The van der Waals surface area contributed by atoms with Gasteiger partial charge in [-0.2, -0.15) is 5.10 Å². The van der Waals surface area contributed by atoms with E-state index in [4.69, 9.17) is 4.74 Å². The van der Waals surface area contributed by atoms with Crippen molar-refractivity contribution in [2.45, 2.75) is 71.2 Å². The molecule has 1 fully saturated rings. The van der Waals surface area contributed by atoms with Crippen LogP contribution in [0.25, 0.3) is 0 Å². The van der Waals surface area contributed by atoms with E-state index in [-0.39, 0.29) is 5.54 Å². The van der Waals surface area contributed by atoms with Gasteiger partial charge in [0.2, 0.25) is 0 Å². The molecule has 1 aromatic heterocycles. The predicted octanol–water partition coefficient (Wildman–Crippen LogP) is 2.73. The first-order valence-corrected chi connectivity index (χ1v) is 7.41. The zero-order valence-electron chi connectivity index (χ0n) is 12.5. The number of nitrogens with zero attached hydrogens (tertiary/aromatic N) is 2. The molecule has 1 unspecified atom stereocenters. The smallest absolute Gasteiger partial charge is 0.0576 e. The van der Waals surface area contributed by atoms with Crippen LogP contribution >= 0.6 is 0 Å². The first-order valence-electron chi connectivity index (χ1n) is 7.41. The van der Waals surface area contributed by atoms with E-state index < -0.39 is 0 Å². The third kappa shape index (κ3) is 5.33. The molecule has 0 saturated carbocycles. The maximum atomic E-state index is 5.63. The van der Waals surface area contributed by atoms with E-state index in [1.807, 2.05) is 6.20 Å². The highest BCUT2D eigenvalue weighted by molar-refractivity contribution is 5.03. The third-order valence-corrected chi connectivity index (χ3v) is 3.45. The minimum Gasteiger partial charge on any atom is -0.378 e. The molecule has 19 heavy (non-hydrogen) atoms. The van der Waals surface area contributed by atoms with Crippen molar-refractivity contribution in [1.29, 1.82) is 0 Å². The van der Waals surface area contributed by atoms with Gasteiger partial charge in [0.25, 0.3) is 0 Å². The van der Waals surface area contributed by atoms with Crippen LogP contribution < -0.4 is 5.32 Å². The molecular weight excluding hydrogens is 238 g/mol. The molecule has 1 atom stereocenters. The predicted molar refractivity (Wildman–Crippen MR) is 77.0 cm³/mol. The SMILES string of the molecule is CC(C)(C)NCc1cnn(CCCC2CCCO2)c1. The lowest BCUT2D eigenvalue weighted by Crippen LogP contribution is -2.34. The van der Waals surface area contributed by atoms with Crippen molar-refractivity contribution in [1.82, 2.24) is 15.1 Å². The van der Waals surface area contributed by atoms with Gasteiger partial charge in [0, 0.05) is 37.0 Å². The second-order valence-corrected chi connectivity index (χ2v) is 6.49. The number of ether oxygens (including phenoxy) is 1. The molecule has 2 rings (SSSR count). The van der Waals surface area contributed by atoms with Crippen LogP contribution in [0.4, 0.5) is 0 Å². The van der Waals surface area contributed by atoms with Crippen LogP contribution in [0, 0.1) is 0 Å². The summed E-state index contributed by atoms with van der Waals surface area (Å²) in [5.41, 5.74) is 1.41. The van der Waals surface area contributed by atoms with E-state index in [0.29, 0.717) is 6.10 Å². The second kappa shape index (κ2) is 6.53. The standard InChI is InChI=1S/C15H27N3O/c1-15(2,3)16-10-13-11-17-18(12-13)8-4-6-14-7-5-9-19-14/h11-12,14,16H,4-10H2,1-3H3. The van der Waals surface area contributed by atoms with Crippen molar-refractivity contribution < 1.29 is 4.74 Å². The zero-order chi connectivity index (χ0) is 13.7. The Morgan fingerprint density at radius 3 is 3.00 bits per heavy atom. The minimum absolute atomic E-state index is 0.155. The normalized spacial score (nSPS) is 20.1. The van der Waals surface area contributed by atoms with E-state index in [1.54, 1.807) is 0 Å². The van der Waals surface area contributed by atoms with E-state index >= 15 is 0 Å². The van der Waals surface area contributed by atoms with Gasteiger partial charge in [0.05, 0.1) is 12.3 Å². The Balaban J connectivity index is 1.68. The van der Waals surface area contributed by atoms with E-state index in [9.17, 15) is 0 Å². The second-order valence-electron chi connectivity index (χ2n) is 6.49. The molecule has 4 nitrogen and oxygen atoms in total. The summed E-state index contributed by atoms with van der Waals surface area (Å²) < 4.78 is 7.68. The van der Waals surface area contributed by atoms with Gasteiger partial charge < -0.3 is 10.1 Å². The largest absolute Gasteiger partial charge is 0.378 e. The van der Waals surface area contributed by atoms with Gasteiger partial charge in [-0.05, 0) is 46.5 Å². The Morgan fingerprint density at radius 1 is 1.47 bits per heavy atom. The number of nitrogens with one attached hydrogen (secondary N) is 1. The lowest BCUT2D eigenvalue weighted by atomic mass is 10.1. The molecule has 0 bridgehead atoms. The molecule has 1 aliphatic heterocycles. The molecule has 0 amide bonds. The fourth-order valence-corrected chi connectivity index (χ4v) is 2.34. The number of aromatic nitrogens is 2. The monoisotopic (exact) mass is 265 g/mol. The summed E-state index contributed by atoms with van der Waals surface area (Å²) in [5, 5.41) is 7.90. The Hall–Kier alpha value is -0.870. The molecule has 2 heterocycles. The summed E-state index contributed by atoms with van der Waals surface area (Å²) in [6.45, 7) is 9.37. The van der Waals surface area contributed by atoms with Gasteiger partial charge in [-0.1, -0.05) is 0 Å². The molecule has 0 aliphatic carbocycles. The summed E-state index contributed by atoms with van der Waals surface area (Å²) in [6.07, 6.45) is 9.39. The van der Waals surface area contributed by atoms with Crippen LogP contribution in [0.15, 0.2) is 12.4 Å². The maximum absolute atomic E-state index is 5.63. The summed E-state index contributed by atoms with van der Waals surface area (Å²) in [5.74, 6) is 0. The van der Waals surface area contributed by atoms with E-state index in [0.717, 1.165) is 32.5 Å². The highest BCUT2D eigenvalue weighted by Crippen LogP contribution is 2.17. The molecule has 1 saturated heterocycles. The van der Waals surface area contributed by atoms with Crippen LogP contribution in [0.2, 0.25) is 0 Å².